The van der Waals surface area contributed by atoms with Crippen molar-refractivity contribution < 1.29 is 4.74 Å². The van der Waals surface area contributed by atoms with Crippen LogP contribution in [-0.4, -0.2) is 13.2 Å². The van der Waals surface area contributed by atoms with Gasteiger partial charge in [0.05, 0.1) is 28.3 Å². The van der Waals surface area contributed by atoms with Gasteiger partial charge in [-0.2, -0.15) is 0 Å². The highest BCUT2D eigenvalue weighted by molar-refractivity contribution is 6.42. The van der Waals surface area contributed by atoms with Crippen molar-refractivity contribution in [2.45, 2.75) is 18.6 Å². The molecule has 1 heterocycles. The lowest BCUT2D eigenvalue weighted by Gasteiger charge is -2.39. The second-order valence-electron chi connectivity index (χ2n) is 5.55. The lowest BCUT2D eigenvalue weighted by Crippen LogP contribution is -2.50. The highest BCUT2D eigenvalue weighted by Crippen LogP contribution is 2.32. The van der Waals surface area contributed by atoms with Crippen LogP contribution >= 0.6 is 23.2 Å². The summed E-state index contributed by atoms with van der Waals surface area (Å²) in [7, 11) is 0. The summed E-state index contributed by atoms with van der Waals surface area (Å²) in [4.78, 5) is 0. The smallest absolute Gasteiger partial charge is 0.0951 e. The highest BCUT2D eigenvalue weighted by Gasteiger charge is 2.33. The van der Waals surface area contributed by atoms with Gasteiger partial charge in [0.15, 0.2) is 0 Å². The standard InChI is InChI=1S/C17H17Cl2NO/c1-17(13-5-3-2-4-6-13)11-21-16(10-20-17)12-7-8-14(18)15(19)9-12/h2-9,16,20H,10-11H2,1H3. The first kappa shape index (κ1) is 14.9. The van der Waals surface area contributed by atoms with Gasteiger partial charge in [0, 0.05) is 6.54 Å². The van der Waals surface area contributed by atoms with Gasteiger partial charge in [0.1, 0.15) is 0 Å². The number of hydrogen-bond donors (Lipinski definition) is 1. The van der Waals surface area contributed by atoms with E-state index in [1.165, 1.54) is 5.56 Å². The Balaban J connectivity index is 1.74. The molecule has 2 unspecified atom stereocenters. The maximum absolute atomic E-state index is 6.08. The van der Waals surface area contributed by atoms with Crippen molar-refractivity contribution in [3.8, 4) is 0 Å². The summed E-state index contributed by atoms with van der Waals surface area (Å²) in [6.07, 6.45) is -0.00319. The molecule has 2 nitrogen and oxygen atoms in total. The molecule has 1 fully saturated rings. The van der Waals surface area contributed by atoms with E-state index in [9.17, 15) is 0 Å². The molecule has 110 valence electrons. The molecule has 21 heavy (non-hydrogen) atoms. The van der Waals surface area contributed by atoms with Gasteiger partial charge < -0.3 is 10.1 Å². The number of morpholine rings is 1. The minimum Gasteiger partial charge on any atom is -0.370 e. The fraction of sp³-hybridized carbons (Fsp3) is 0.294. The van der Waals surface area contributed by atoms with Crippen LogP contribution in [0.1, 0.15) is 24.2 Å². The van der Waals surface area contributed by atoms with Gasteiger partial charge in [-0.1, -0.05) is 59.6 Å². The Morgan fingerprint density at radius 1 is 1.10 bits per heavy atom. The van der Waals surface area contributed by atoms with E-state index in [4.69, 9.17) is 27.9 Å². The van der Waals surface area contributed by atoms with E-state index >= 15 is 0 Å². The molecule has 0 spiro atoms. The fourth-order valence-corrected chi connectivity index (χ4v) is 2.92. The molecule has 0 aliphatic carbocycles. The molecule has 4 heteroatoms. The lowest BCUT2D eigenvalue weighted by molar-refractivity contribution is -0.0307. The molecular formula is C17H17Cl2NO. The Morgan fingerprint density at radius 3 is 2.48 bits per heavy atom. The summed E-state index contributed by atoms with van der Waals surface area (Å²) in [6, 6.07) is 16.0. The van der Waals surface area contributed by atoms with Crippen LogP contribution in [0.5, 0.6) is 0 Å². The third-order valence-corrected chi connectivity index (χ3v) is 4.72. The number of hydrogen-bond acceptors (Lipinski definition) is 2. The Hall–Kier alpha value is -1.06. The average molecular weight is 322 g/mol. The van der Waals surface area contributed by atoms with Gasteiger partial charge in [0.2, 0.25) is 0 Å². The first-order chi connectivity index (χ1) is 10.1. The van der Waals surface area contributed by atoms with Crippen LogP contribution < -0.4 is 5.32 Å². The number of benzene rings is 2. The number of ether oxygens (including phenoxy) is 1. The van der Waals surface area contributed by atoms with E-state index in [-0.39, 0.29) is 11.6 Å². The van der Waals surface area contributed by atoms with Crippen LogP contribution in [0.3, 0.4) is 0 Å². The van der Waals surface area contributed by atoms with Gasteiger partial charge in [-0.3, -0.25) is 0 Å². The quantitative estimate of drug-likeness (QED) is 0.874. The minimum absolute atomic E-state index is 0.00319. The molecule has 0 amide bonds. The summed E-state index contributed by atoms with van der Waals surface area (Å²) >= 11 is 12.0. The van der Waals surface area contributed by atoms with Crippen molar-refractivity contribution in [2.24, 2.45) is 0 Å². The summed E-state index contributed by atoms with van der Waals surface area (Å²) in [5, 5.41) is 4.73. The second-order valence-corrected chi connectivity index (χ2v) is 6.37. The number of halogens is 2. The molecule has 2 atom stereocenters. The predicted molar refractivity (Wildman–Crippen MR) is 87.0 cm³/mol. The van der Waals surface area contributed by atoms with Crippen molar-refractivity contribution in [1.82, 2.24) is 5.32 Å². The number of nitrogens with one attached hydrogen (secondary N) is 1. The first-order valence-corrected chi connectivity index (χ1v) is 7.71. The molecule has 0 saturated carbocycles. The molecule has 1 aliphatic heterocycles. The molecule has 3 rings (SSSR count). The van der Waals surface area contributed by atoms with Crippen molar-refractivity contribution in [2.75, 3.05) is 13.2 Å². The normalized spacial score (nSPS) is 25.8. The molecule has 0 radical (unpaired) electrons. The van der Waals surface area contributed by atoms with Crippen molar-refractivity contribution in [1.29, 1.82) is 0 Å². The molecular weight excluding hydrogens is 305 g/mol. The summed E-state index contributed by atoms with van der Waals surface area (Å²) in [5.41, 5.74) is 2.12. The van der Waals surface area contributed by atoms with Gasteiger partial charge in [-0.25, -0.2) is 0 Å². The van der Waals surface area contributed by atoms with Crippen LogP contribution in [0.2, 0.25) is 10.0 Å². The van der Waals surface area contributed by atoms with Crippen molar-refractivity contribution in [3.63, 3.8) is 0 Å². The van der Waals surface area contributed by atoms with E-state index in [0.717, 1.165) is 12.1 Å². The Labute approximate surface area is 135 Å². The van der Waals surface area contributed by atoms with Crippen molar-refractivity contribution >= 4 is 23.2 Å². The Bertz CT molecular complexity index is 622. The predicted octanol–water partition coefficient (Wildman–Crippen LogP) is 4.57. The van der Waals surface area contributed by atoms with Crippen LogP contribution in [0.15, 0.2) is 48.5 Å². The monoisotopic (exact) mass is 321 g/mol. The minimum atomic E-state index is -0.159. The van der Waals surface area contributed by atoms with Crippen molar-refractivity contribution in [3.05, 3.63) is 69.7 Å². The van der Waals surface area contributed by atoms with Crippen LogP contribution in [0.25, 0.3) is 0 Å². The average Bonchev–Trinajstić information content (AvgIpc) is 2.52. The third-order valence-electron chi connectivity index (χ3n) is 3.98. The zero-order chi connectivity index (χ0) is 14.9. The summed E-state index contributed by atoms with van der Waals surface area (Å²) in [6.45, 7) is 3.51. The van der Waals surface area contributed by atoms with Crippen LogP contribution in [-0.2, 0) is 10.3 Å². The van der Waals surface area contributed by atoms with Crippen LogP contribution in [0.4, 0.5) is 0 Å². The van der Waals surface area contributed by atoms with Gasteiger partial charge >= 0.3 is 0 Å². The number of rotatable bonds is 2. The third kappa shape index (κ3) is 3.09. The fourth-order valence-electron chi connectivity index (χ4n) is 2.61. The molecule has 1 aliphatic rings. The molecule has 0 aromatic heterocycles. The van der Waals surface area contributed by atoms with Crippen LogP contribution in [0, 0.1) is 0 Å². The topological polar surface area (TPSA) is 21.3 Å². The van der Waals surface area contributed by atoms with E-state index < -0.39 is 0 Å². The molecule has 2 aromatic carbocycles. The van der Waals surface area contributed by atoms with Gasteiger partial charge in [0.25, 0.3) is 0 Å². The van der Waals surface area contributed by atoms with E-state index in [1.807, 2.05) is 36.4 Å². The highest BCUT2D eigenvalue weighted by atomic mass is 35.5. The zero-order valence-electron chi connectivity index (χ0n) is 11.8. The van der Waals surface area contributed by atoms with E-state index in [2.05, 4.69) is 24.4 Å². The maximum atomic E-state index is 6.08. The maximum Gasteiger partial charge on any atom is 0.0951 e. The Kier molecular flexibility index (Phi) is 4.23. The Morgan fingerprint density at radius 2 is 1.86 bits per heavy atom. The second kappa shape index (κ2) is 5.98. The SMILES string of the molecule is CC1(c2ccccc2)COC(c2ccc(Cl)c(Cl)c2)CN1. The largest absolute Gasteiger partial charge is 0.370 e. The van der Waals surface area contributed by atoms with Gasteiger partial charge in [-0.05, 0) is 30.2 Å². The van der Waals surface area contributed by atoms with E-state index in [1.54, 1.807) is 0 Å². The first-order valence-electron chi connectivity index (χ1n) is 6.96. The van der Waals surface area contributed by atoms with E-state index in [0.29, 0.717) is 16.7 Å². The zero-order valence-corrected chi connectivity index (χ0v) is 13.3. The lowest BCUT2D eigenvalue weighted by atomic mass is 9.91. The molecule has 1 N–H and O–H groups in total. The molecule has 1 saturated heterocycles. The molecule has 2 aromatic rings. The van der Waals surface area contributed by atoms with Gasteiger partial charge in [-0.15, -0.1) is 0 Å². The summed E-state index contributed by atoms with van der Waals surface area (Å²) < 4.78 is 6.06. The molecule has 0 bridgehead atoms. The summed E-state index contributed by atoms with van der Waals surface area (Å²) in [5.74, 6) is 0.